The molecule has 3 heteroatoms. The number of aromatic nitrogens is 1. The SMILES string of the molecule is CCOc1ccc(Sc2ccc(C)cc2)cn1. The lowest BCUT2D eigenvalue weighted by Gasteiger charge is -2.04. The Kier molecular flexibility index (Phi) is 4.04. The number of nitrogens with zero attached hydrogens (tertiary/aromatic N) is 1. The van der Waals surface area contributed by atoms with Crippen LogP contribution in [0.2, 0.25) is 0 Å². The number of rotatable bonds is 4. The van der Waals surface area contributed by atoms with Gasteiger partial charge in [-0.15, -0.1) is 0 Å². The molecule has 1 aromatic heterocycles. The highest BCUT2D eigenvalue weighted by Gasteiger charge is 1.99. The van der Waals surface area contributed by atoms with Crippen molar-refractivity contribution in [2.45, 2.75) is 23.6 Å². The lowest BCUT2D eigenvalue weighted by molar-refractivity contribution is 0.326. The average Bonchev–Trinajstić information content (AvgIpc) is 2.35. The predicted octanol–water partition coefficient (Wildman–Crippen LogP) is 3.94. The van der Waals surface area contributed by atoms with Gasteiger partial charge in [0.1, 0.15) is 0 Å². The lowest BCUT2D eigenvalue weighted by Crippen LogP contribution is -1.93. The van der Waals surface area contributed by atoms with Crippen molar-refractivity contribution in [1.82, 2.24) is 4.98 Å². The fourth-order valence-corrected chi connectivity index (χ4v) is 2.19. The molecule has 88 valence electrons. The molecule has 1 heterocycles. The summed E-state index contributed by atoms with van der Waals surface area (Å²) in [5.74, 6) is 0.681. The summed E-state index contributed by atoms with van der Waals surface area (Å²) in [6.07, 6.45) is 1.84. The molecule has 0 spiro atoms. The van der Waals surface area contributed by atoms with Crippen molar-refractivity contribution in [2.24, 2.45) is 0 Å². The summed E-state index contributed by atoms with van der Waals surface area (Å²) in [6, 6.07) is 12.4. The van der Waals surface area contributed by atoms with Crippen LogP contribution in [0.15, 0.2) is 52.4 Å². The number of ether oxygens (including phenoxy) is 1. The van der Waals surface area contributed by atoms with Gasteiger partial charge >= 0.3 is 0 Å². The van der Waals surface area contributed by atoms with Gasteiger partial charge in [-0.1, -0.05) is 29.5 Å². The molecule has 0 atom stereocenters. The fraction of sp³-hybridized carbons (Fsp3) is 0.214. The minimum atomic E-state index is 0.650. The third kappa shape index (κ3) is 3.49. The Bertz CT molecular complexity index is 465. The maximum atomic E-state index is 5.31. The van der Waals surface area contributed by atoms with Crippen molar-refractivity contribution in [2.75, 3.05) is 6.61 Å². The third-order valence-electron chi connectivity index (χ3n) is 2.26. The largest absolute Gasteiger partial charge is 0.478 e. The summed E-state index contributed by atoms with van der Waals surface area (Å²) >= 11 is 1.71. The van der Waals surface area contributed by atoms with E-state index in [9.17, 15) is 0 Å². The molecule has 2 nitrogen and oxygen atoms in total. The summed E-state index contributed by atoms with van der Waals surface area (Å²) in [6.45, 7) is 4.70. The molecule has 0 aliphatic carbocycles. The van der Waals surface area contributed by atoms with Crippen LogP contribution in [0, 0.1) is 6.92 Å². The van der Waals surface area contributed by atoms with E-state index in [-0.39, 0.29) is 0 Å². The van der Waals surface area contributed by atoms with Crippen molar-refractivity contribution in [1.29, 1.82) is 0 Å². The highest BCUT2D eigenvalue weighted by Crippen LogP contribution is 2.27. The molecule has 0 unspecified atom stereocenters. The zero-order chi connectivity index (χ0) is 12.1. The van der Waals surface area contributed by atoms with Crippen molar-refractivity contribution in [3.05, 3.63) is 48.2 Å². The van der Waals surface area contributed by atoms with Crippen LogP contribution in [0.3, 0.4) is 0 Å². The van der Waals surface area contributed by atoms with E-state index in [0.717, 1.165) is 4.90 Å². The molecule has 0 radical (unpaired) electrons. The molecule has 0 aliphatic heterocycles. The summed E-state index contributed by atoms with van der Waals surface area (Å²) < 4.78 is 5.31. The maximum Gasteiger partial charge on any atom is 0.213 e. The number of aryl methyl sites for hydroxylation is 1. The molecule has 1 aromatic carbocycles. The summed E-state index contributed by atoms with van der Waals surface area (Å²) in [4.78, 5) is 6.59. The Morgan fingerprint density at radius 3 is 2.35 bits per heavy atom. The molecule has 0 fully saturated rings. The summed E-state index contributed by atoms with van der Waals surface area (Å²) in [7, 11) is 0. The second kappa shape index (κ2) is 5.73. The Balaban J connectivity index is 2.05. The Labute approximate surface area is 106 Å². The Morgan fingerprint density at radius 1 is 1.06 bits per heavy atom. The first-order valence-corrected chi connectivity index (χ1v) is 6.43. The summed E-state index contributed by atoms with van der Waals surface area (Å²) in [5, 5.41) is 0. The first-order chi connectivity index (χ1) is 8.28. The Hall–Kier alpha value is -1.48. The van der Waals surface area contributed by atoms with E-state index < -0.39 is 0 Å². The average molecular weight is 245 g/mol. The minimum Gasteiger partial charge on any atom is -0.478 e. The van der Waals surface area contributed by atoms with E-state index in [2.05, 4.69) is 36.2 Å². The van der Waals surface area contributed by atoms with Gasteiger partial charge in [-0.25, -0.2) is 4.98 Å². The number of hydrogen-bond donors (Lipinski definition) is 0. The topological polar surface area (TPSA) is 22.1 Å². The van der Waals surface area contributed by atoms with E-state index in [1.165, 1.54) is 10.5 Å². The molecule has 17 heavy (non-hydrogen) atoms. The van der Waals surface area contributed by atoms with E-state index >= 15 is 0 Å². The molecule has 2 rings (SSSR count). The molecule has 2 aromatic rings. The monoisotopic (exact) mass is 245 g/mol. The second-order valence-electron chi connectivity index (χ2n) is 3.68. The van der Waals surface area contributed by atoms with Gasteiger partial charge in [-0.2, -0.15) is 0 Å². The van der Waals surface area contributed by atoms with Gasteiger partial charge < -0.3 is 4.74 Å². The van der Waals surface area contributed by atoms with E-state index in [1.54, 1.807) is 11.8 Å². The fourth-order valence-electron chi connectivity index (χ4n) is 1.40. The summed E-state index contributed by atoms with van der Waals surface area (Å²) in [5.41, 5.74) is 1.28. The molecular formula is C14H15NOS. The highest BCUT2D eigenvalue weighted by molar-refractivity contribution is 7.99. The molecule has 0 saturated carbocycles. The molecule has 0 bridgehead atoms. The molecule has 0 N–H and O–H groups in total. The van der Waals surface area contributed by atoms with Gasteiger partial charge in [-0.3, -0.25) is 0 Å². The second-order valence-corrected chi connectivity index (χ2v) is 4.83. The van der Waals surface area contributed by atoms with Crippen LogP contribution in [0.5, 0.6) is 5.88 Å². The minimum absolute atomic E-state index is 0.650. The van der Waals surface area contributed by atoms with Gasteiger partial charge in [0.25, 0.3) is 0 Å². The Morgan fingerprint density at radius 2 is 1.76 bits per heavy atom. The van der Waals surface area contributed by atoms with Crippen molar-refractivity contribution in [3.63, 3.8) is 0 Å². The van der Waals surface area contributed by atoms with E-state index in [4.69, 9.17) is 4.74 Å². The first-order valence-electron chi connectivity index (χ1n) is 5.61. The molecular weight excluding hydrogens is 230 g/mol. The number of benzene rings is 1. The smallest absolute Gasteiger partial charge is 0.213 e. The first kappa shape index (κ1) is 12.0. The van der Waals surface area contributed by atoms with Crippen molar-refractivity contribution >= 4 is 11.8 Å². The highest BCUT2D eigenvalue weighted by atomic mass is 32.2. The number of hydrogen-bond acceptors (Lipinski definition) is 3. The van der Waals surface area contributed by atoms with Crippen LogP contribution in [0.4, 0.5) is 0 Å². The molecule has 0 aliphatic rings. The van der Waals surface area contributed by atoms with Crippen LogP contribution >= 0.6 is 11.8 Å². The standard InChI is InChI=1S/C14H15NOS/c1-3-16-14-9-8-13(10-15-14)17-12-6-4-11(2)5-7-12/h4-10H,3H2,1-2H3. The van der Waals surface area contributed by atoms with E-state index in [0.29, 0.717) is 12.5 Å². The van der Waals surface area contributed by atoms with Gasteiger partial charge in [0.2, 0.25) is 5.88 Å². The van der Waals surface area contributed by atoms with Gasteiger partial charge in [0, 0.05) is 22.1 Å². The maximum absolute atomic E-state index is 5.31. The zero-order valence-corrected chi connectivity index (χ0v) is 10.8. The number of pyridine rings is 1. The van der Waals surface area contributed by atoms with Crippen molar-refractivity contribution < 1.29 is 4.74 Å². The van der Waals surface area contributed by atoms with Gasteiger partial charge in [0.05, 0.1) is 6.61 Å². The normalized spacial score (nSPS) is 10.2. The molecule has 0 amide bonds. The van der Waals surface area contributed by atoms with Crippen LogP contribution in [-0.4, -0.2) is 11.6 Å². The van der Waals surface area contributed by atoms with Crippen LogP contribution in [0.1, 0.15) is 12.5 Å². The van der Waals surface area contributed by atoms with Crippen molar-refractivity contribution in [3.8, 4) is 5.88 Å². The quantitative estimate of drug-likeness (QED) is 0.814. The van der Waals surface area contributed by atoms with Gasteiger partial charge in [-0.05, 0) is 32.0 Å². The lowest BCUT2D eigenvalue weighted by atomic mass is 10.2. The van der Waals surface area contributed by atoms with Gasteiger partial charge in [0.15, 0.2) is 0 Å². The van der Waals surface area contributed by atoms with Crippen LogP contribution < -0.4 is 4.74 Å². The zero-order valence-electron chi connectivity index (χ0n) is 10.0. The van der Waals surface area contributed by atoms with E-state index in [1.807, 2.05) is 25.3 Å². The van der Waals surface area contributed by atoms with Crippen LogP contribution in [0.25, 0.3) is 0 Å². The third-order valence-corrected chi connectivity index (χ3v) is 3.24. The predicted molar refractivity (Wildman–Crippen MR) is 70.7 cm³/mol. The van der Waals surface area contributed by atoms with Crippen LogP contribution in [-0.2, 0) is 0 Å². The molecule has 0 saturated heterocycles.